The minimum Gasteiger partial charge on any atom is -0.185 e. The van der Waals surface area contributed by atoms with E-state index in [0.717, 1.165) is 18.6 Å². The molecule has 0 radical (unpaired) electrons. The summed E-state index contributed by atoms with van der Waals surface area (Å²) in [5.41, 5.74) is 2.98. The fourth-order valence-corrected chi connectivity index (χ4v) is 1.95. The molecule has 1 rings (SSSR count). The van der Waals surface area contributed by atoms with Crippen molar-refractivity contribution in [3.8, 4) is 5.40 Å². The molecule has 0 amide bonds. The molecule has 0 spiro atoms. The van der Waals surface area contributed by atoms with Crippen molar-refractivity contribution >= 4 is 11.8 Å². The Hall–Kier alpha value is -0.940. The van der Waals surface area contributed by atoms with Crippen LogP contribution in [0.3, 0.4) is 0 Å². The summed E-state index contributed by atoms with van der Waals surface area (Å²) in [5.74, 6) is 0.928. The smallest absolute Gasteiger partial charge is 0.133 e. The molecular weight excluding hydrogens is 214 g/mol. The van der Waals surface area contributed by atoms with Crippen LogP contribution in [0.5, 0.6) is 0 Å². The standard InChI is InChI=1S/C14H19NS/c1-14(2,3)13-8-6-12(7-9-13)5-4-10-16-11-15/h6-9H,4-5,10H2,1-3H3. The second kappa shape index (κ2) is 5.96. The van der Waals surface area contributed by atoms with Crippen molar-refractivity contribution in [2.24, 2.45) is 0 Å². The number of nitriles is 1. The van der Waals surface area contributed by atoms with Gasteiger partial charge in [-0.05, 0) is 41.1 Å². The third-order valence-corrected chi connectivity index (χ3v) is 3.22. The van der Waals surface area contributed by atoms with Crippen LogP contribution in [0, 0.1) is 10.7 Å². The zero-order valence-electron chi connectivity index (χ0n) is 10.3. The molecule has 0 aliphatic heterocycles. The molecule has 0 bridgehead atoms. The molecule has 0 atom stereocenters. The molecule has 0 aliphatic carbocycles. The van der Waals surface area contributed by atoms with Gasteiger partial charge in [0.25, 0.3) is 0 Å². The highest BCUT2D eigenvalue weighted by Gasteiger charge is 2.12. The van der Waals surface area contributed by atoms with Crippen molar-refractivity contribution in [1.29, 1.82) is 5.26 Å². The Morgan fingerprint density at radius 3 is 2.31 bits per heavy atom. The van der Waals surface area contributed by atoms with E-state index in [4.69, 9.17) is 5.26 Å². The van der Waals surface area contributed by atoms with Gasteiger partial charge in [0.1, 0.15) is 5.40 Å². The molecule has 1 nitrogen and oxygen atoms in total. The largest absolute Gasteiger partial charge is 0.185 e. The van der Waals surface area contributed by atoms with Gasteiger partial charge in [-0.3, -0.25) is 0 Å². The summed E-state index contributed by atoms with van der Waals surface area (Å²) in [6.45, 7) is 6.68. The lowest BCUT2D eigenvalue weighted by Gasteiger charge is -2.19. The second-order valence-corrected chi connectivity index (χ2v) is 5.87. The van der Waals surface area contributed by atoms with Gasteiger partial charge >= 0.3 is 0 Å². The Morgan fingerprint density at radius 1 is 1.19 bits per heavy atom. The van der Waals surface area contributed by atoms with E-state index in [1.54, 1.807) is 0 Å². The van der Waals surface area contributed by atoms with Crippen LogP contribution in [-0.2, 0) is 11.8 Å². The predicted octanol–water partition coefficient (Wildman–Crippen LogP) is 4.13. The maximum atomic E-state index is 8.40. The minimum absolute atomic E-state index is 0.231. The van der Waals surface area contributed by atoms with Crippen molar-refractivity contribution in [1.82, 2.24) is 0 Å². The van der Waals surface area contributed by atoms with E-state index in [1.807, 2.05) is 0 Å². The SMILES string of the molecule is CC(C)(C)c1ccc(CCCSC#N)cc1. The second-order valence-electron chi connectivity index (χ2n) is 4.99. The molecule has 0 aromatic heterocycles. The molecule has 1 aromatic carbocycles. The van der Waals surface area contributed by atoms with Crippen LogP contribution >= 0.6 is 11.8 Å². The van der Waals surface area contributed by atoms with Crippen LogP contribution in [0.2, 0.25) is 0 Å². The summed E-state index contributed by atoms with van der Waals surface area (Å²) in [4.78, 5) is 0. The molecule has 0 saturated heterocycles. The maximum absolute atomic E-state index is 8.40. The normalized spacial score (nSPS) is 11.1. The monoisotopic (exact) mass is 233 g/mol. The Balaban J connectivity index is 2.49. The van der Waals surface area contributed by atoms with Gasteiger partial charge in [-0.1, -0.05) is 45.0 Å². The van der Waals surface area contributed by atoms with E-state index in [0.29, 0.717) is 0 Å². The molecule has 0 fully saturated rings. The zero-order chi connectivity index (χ0) is 12.0. The predicted molar refractivity (Wildman–Crippen MR) is 71.5 cm³/mol. The van der Waals surface area contributed by atoms with Crippen LogP contribution in [0.1, 0.15) is 38.3 Å². The molecule has 0 aliphatic rings. The number of thioether (sulfide) groups is 1. The highest BCUT2D eigenvalue weighted by molar-refractivity contribution is 8.03. The number of hydrogen-bond donors (Lipinski definition) is 0. The van der Waals surface area contributed by atoms with Crippen molar-refractivity contribution in [2.45, 2.75) is 39.0 Å². The summed E-state index contributed by atoms with van der Waals surface area (Å²) in [6, 6.07) is 8.84. The highest BCUT2D eigenvalue weighted by atomic mass is 32.2. The third kappa shape index (κ3) is 4.28. The van der Waals surface area contributed by atoms with E-state index >= 15 is 0 Å². The van der Waals surface area contributed by atoms with E-state index < -0.39 is 0 Å². The maximum Gasteiger partial charge on any atom is 0.133 e. The van der Waals surface area contributed by atoms with E-state index in [9.17, 15) is 0 Å². The van der Waals surface area contributed by atoms with Crippen molar-refractivity contribution in [2.75, 3.05) is 5.75 Å². The van der Waals surface area contributed by atoms with Crippen molar-refractivity contribution in [3.63, 3.8) is 0 Å². The molecule has 0 saturated carbocycles. The molecule has 16 heavy (non-hydrogen) atoms. The van der Waals surface area contributed by atoms with Crippen LogP contribution in [0.25, 0.3) is 0 Å². The van der Waals surface area contributed by atoms with Crippen LogP contribution in [0.15, 0.2) is 24.3 Å². The van der Waals surface area contributed by atoms with E-state index in [2.05, 4.69) is 50.4 Å². The first kappa shape index (κ1) is 13.1. The van der Waals surface area contributed by atoms with Gasteiger partial charge in [0.05, 0.1) is 0 Å². The first-order chi connectivity index (χ1) is 7.54. The first-order valence-corrected chi connectivity index (χ1v) is 6.63. The highest BCUT2D eigenvalue weighted by Crippen LogP contribution is 2.22. The van der Waals surface area contributed by atoms with Crippen molar-refractivity contribution < 1.29 is 0 Å². The summed E-state index contributed by atoms with van der Waals surface area (Å²) in [7, 11) is 0. The number of thiocyanates is 1. The molecule has 2 heteroatoms. The average Bonchev–Trinajstić information content (AvgIpc) is 2.24. The van der Waals surface area contributed by atoms with Crippen LogP contribution < -0.4 is 0 Å². The summed E-state index contributed by atoms with van der Waals surface area (Å²) < 4.78 is 0. The molecule has 0 heterocycles. The third-order valence-electron chi connectivity index (χ3n) is 2.60. The summed E-state index contributed by atoms with van der Waals surface area (Å²) in [6.07, 6.45) is 2.15. The number of benzene rings is 1. The van der Waals surface area contributed by atoms with Gasteiger partial charge in [-0.25, -0.2) is 0 Å². The lowest BCUT2D eigenvalue weighted by atomic mass is 9.86. The fraction of sp³-hybridized carbons (Fsp3) is 0.500. The molecule has 0 N–H and O–H groups in total. The number of rotatable bonds is 4. The van der Waals surface area contributed by atoms with Gasteiger partial charge in [0.15, 0.2) is 0 Å². The quantitative estimate of drug-likeness (QED) is 0.576. The lowest BCUT2D eigenvalue weighted by Crippen LogP contribution is -2.10. The Bertz CT molecular complexity index is 354. The Kier molecular flexibility index (Phi) is 4.89. The number of hydrogen-bond acceptors (Lipinski definition) is 2. The molecule has 1 aromatic rings. The fourth-order valence-electron chi connectivity index (χ4n) is 1.57. The Morgan fingerprint density at radius 2 is 1.81 bits per heavy atom. The average molecular weight is 233 g/mol. The summed E-state index contributed by atoms with van der Waals surface area (Å²) in [5, 5.41) is 10.5. The summed E-state index contributed by atoms with van der Waals surface area (Å²) >= 11 is 1.34. The number of nitrogens with zero attached hydrogens (tertiary/aromatic N) is 1. The van der Waals surface area contributed by atoms with E-state index in [-0.39, 0.29) is 5.41 Å². The molecule has 0 unspecified atom stereocenters. The van der Waals surface area contributed by atoms with Gasteiger partial charge in [-0.2, -0.15) is 5.26 Å². The minimum atomic E-state index is 0.231. The van der Waals surface area contributed by atoms with Gasteiger partial charge in [0.2, 0.25) is 0 Å². The zero-order valence-corrected chi connectivity index (χ0v) is 11.1. The van der Waals surface area contributed by atoms with E-state index in [1.165, 1.54) is 22.9 Å². The number of aryl methyl sites for hydroxylation is 1. The first-order valence-electron chi connectivity index (χ1n) is 5.64. The Labute approximate surface area is 103 Å². The van der Waals surface area contributed by atoms with Crippen LogP contribution in [0.4, 0.5) is 0 Å². The van der Waals surface area contributed by atoms with Crippen LogP contribution in [-0.4, -0.2) is 5.75 Å². The molecular formula is C14H19NS. The van der Waals surface area contributed by atoms with Gasteiger partial charge < -0.3 is 0 Å². The topological polar surface area (TPSA) is 23.8 Å². The van der Waals surface area contributed by atoms with Gasteiger partial charge in [0, 0.05) is 5.75 Å². The van der Waals surface area contributed by atoms with Crippen molar-refractivity contribution in [3.05, 3.63) is 35.4 Å². The van der Waals surface area contributed by atoms with Gasteiger partial charge in [-0.15, -0.1) is 0 Å². The molecule has 86 valence electrons. The lowest BCUT2D eigenvalue weighted by molar-refractivity contribution is 0.590.